The summed E-state index contributed by atoms with van der Waals surface area (Å²) in [7, 11) is 2.05. The van der Waals surface area contributed by atoms with Crippen LogP contribution in [0.15, 0.2) is 29.2 Å². The third-order valence-electron chi connectivity index (χ3n) is 3.61. The van der Waals surface area contributed by atoms with Crippen LogP contribution in [0.3, 0.4) is 0 Å². The lowest BCUT2D eigenvalue weighted by molar-refractivity contribution is 0.417. The Morgan fingerprint density at radius 1 is 1.35 bits per heavy atom. The van der Waals surface area contributed by atoms with E-state index < -0.39 is 0 Å². The zero-order valence-corrected chi connectivity index (χ0v) is 11.1. The van der Waals surface area contributed by atoms with E-state index in [9.17, 15) is 4.39 Å². The summed E-state index contributed by atoms with van der Waals surface area (Å²) in [6.45, 7) is 0. The highest BCUT2D eigenvalue weighted by molar-refractivity contribution is 7.99. The molecule has 94 valence electrons. The van der Waals surface area contributed by atoms with Crippen LogP contribution in [0.2, 0.25) is 0 Å². The minimum absolute atomic E-state index is 0.0888. The second-order valence-electron chi connectivity index (χ2n) is 4.65. The van der Waals surface area contributed by atoms with Crippen LogP contribution in [0.4, 0.5) is 4.39 Å². The third-order valence-corrected chi connectivity index (χ3v) is 4.69. The second-order valence-corrected chi connectivity index (χ2v) is 5.79. The Morgan fingerprint density at radius 2 is 2.18 bits per heavy atom. The molecule has 1 fully saturated rings. The van der Waals surface area contributed by atoms with Crippen LogP contribution >= 0.6 is 11.8 Å². The van der Waals surface area contributed by atoms with E-state index in [0.29, 0.717) is 6.04 Å². The Morgan fingerprint density at radius 3 is 2.94 bits per heavy atom. The summed E-state index contributed by atoms with van der Waals surface area (Å²) in [5, 5.41) is 3.39. The van der Waals surface area contributed by atoms with Gasteiger partial charge in [0, 0.05) is 10.9 Å². The number of halogens is 1. The molecule has 1 N–H and O–H groups in total. The van der Waals surface area contributed by atoms with Crippen LogP contribution in [0.1, 0.15) is 25.7 Å². The first-order valence-corrected chi connectivity index (χ1v) is 7.34. The van der Waals surface area contributed by atoms with Crippen molar-refractivity contribution in [1.82, 2.24) is 5.32 Å². The Bertz CT molecular complexity index is 356. The summed E-state index contributed by atoms with van der Waals surface area (Å²) in [5.74, 6) is 1.71. The SMILES string of the molecule is CNC1CCCC1CCSc1ccccc1F. The zero-order chi connectivity index (χ0) is 12.1. The van der Waals surface area contributed by atoms with Crippen molar-refractivity contribution in [1.29, 1.82) is 0 Å². The normalized spacial score (nSPS) is 24.1. The predicted octanol–water partition coefficient (Wildman–Crippen LogP) is 3.70. The third kappa shape index (κ3) is 3.46. The molecule has 0 aliphatic heterocycles. The van der Waals surface area contributed by atoms with Gasteiger partial charge in [0.2, 0.25) is 0 Å². The molecule has 2 atom stereocenters. The molecule has 3 heteroatoms. The smallest absolute Gasteiger partial charge is 0.136 e. The molecule has 0 radical (unpaired) electrons. The van der Waals surface area contributed by atoms with E-state index in [1.54, 1.807) is 17.8 Å². The molecular formula is C14H20FNS. The lowest BCUT2D eigenvalue weighted by Crippen LogP contribution is -2.29. The molecule has 2 rings (SSSR count). The molecule has 0 saturated heterocycles. The van der Waals surface area contributed by atoms with Crippen molar-refractivity contribution >= 4 is 11.8 Å². The van der Waals surface area contributed by atoms with Crippen LogP contribution in [0.5, 0.6) is 0 Å². The molecule has 0 aromatic heterocycles. The fraction of sp³-hybridized carbons (Fsp3) is 0.571. The summed E-state index contributed by atoms with van der Waals surface area (Å²) in [6.07, 6.45) is 5.14. The lowest BCUT2D eigenvalue weighted by atomic mass is 10.0. The van der Waals surface area contributed by atoms with Gasteiger partial charge in [0.1, 0.15) is 5.82 Å². The Kier molecular flexibility index (Phi) is 4.86. The average molecular weight is 253 g/mol. The Labute approximate surface area is 107 Å². The summed E-state index contributed by atoms with van der Waals surface area (Å²) in [5.41, 5.74) is 0. The van der Waals surface area contributed by atoms with Crippen LogP contribution in [0.25, 0.3) is 0 Å². The van der Waals surface area contributed by atoms with Gasteiger partial charge in [-0.15, -0.1) is 11.8 Å². The van der Waals surface area contributed by atoms with Gasteiger partial charge in [0.15, 0.2) is 0 Å². The van der Waals surface area contributed by atoms with E-state index in [0.717, 1.165) is 16.6 Å². The molecule has 1 aliphatic rings. The highest BCUT2D eigenvalue weighted by Crippen LogP contribution is 2.31. The molecule has 0 bridgehead atoms. The molecule has 1 aromatic rings. The first-order chi connectivity index (χ1) is 8.31. The van der Waals surface area contributed by atoms with E-state index in [1.807, 2.05) is 19.2 Å². The topological polar surface area (TPSA) is 12.0 Å². The molecule has 0 amide bonds. The van der Waals surface area contributed by atoms with Gasteiger partial charge in [-0.3, -0.25) is 0 Å². The van der Waals surface area contributed by atoms with E-state index >= 15 is 0 Å². The van der Waals surface area contributed by atoms with Crippen molar-refractivity contribution in [3.63, 3.8) is 0 Å². The highest BCUT2D eigenvalue weighted by Gasteiger charge is 2.25. The first kappa shape index (κ1) is 12.9. The molecule has 2 unspecified atom stereocenters. The Hall–Kier alpha value is -0.540. The molecule has 0 heterocycles. The summed E-state index contributed by atoms with van der Waals surface area (Å²) >= 11 is 1.64. The van der Waals surface area contributed by atoms with Crippen LogP contribution in [-0.4, -0.2) is 18.8 Å². The fourth-order valence-electron chi connectivity index (χ4n) is 2.64. The largest absolute Gasteiger partial charge is 0.317 e. The standard InChI is InChI=1S/C14H20FNS/c1-16-13-7-4-5-11(13)9-10-17-14-8-3-2-6-12(14)15/h2-3,6,8,11,13,16H,4-5,7,9-10H2,1H3. The van der Waals surface area contributed by atoms with Crippen molar-refractivity contribution in [3.8, 4) is 0 Å². The number of thioether (sulfide) groups is 1. The van der Waals surface area contributed by atoms with Gasteiger partial charge in [-0.05, 0) is 50.1 Å². The van der Waals surface area contributed by atoms with E-state index in [2.05, 4.69) is 5.32 Å². The monoisotopic (exact) mass is 253 g/mol. The van der Waals surface area contributed by atoms with Crippen molar-refractivity contribution < 1.29 is 4.39 Å². The summed E-state index contributed by atoms with van der Waals surface area (Å²) in [4.78, 5) is 0.784. The van der Waals surface area contributed by atoms with E-state index in [4.69, 9.17) is 0 Å². The number of rotatable bonds is 5. The van der Waals surface area contributed by atoms with Gasteiger partial charge in [-0.2, -0.15) is 0 Å². The van der Waals surface area contributed by atoms with Gasteiger partial charge in [-0.25, -0.2) is 4.39 Å². The van der Waals surface area contributed by atoms with Gasteiger partial charge in [0.05, 0.1) is 0 Å². The van der Waals surface area contributed by atoms with Gasteiger partial charge in [0.25, 0.3) is 0 Å². The van der Waals surface area contributed by atoms with Crippen LogP contribution in [0, 0.1) is 11.7 Å². The van der Waals surface area contributed by atoms with E-state index in [-0.39, 0.29) is 5.82 Å². The molecule has 0 spiro atoms. The maximum absolute atomic E-state index is 13.4. The number of hydrogen-bond acceptors (Lipinski definition) is 2. The predicted molar refractivity (Wildman–Crippen MR) is 71.9 cm³/mol. The average Bonchev–Trinajstić information content (AvgIpc) is 2.79. The fourth-order valence-corrected chi connectivity index (χ4v) is 3.67. The van der Waals surface area contributed by atoms with Crippen molar-refractivity contribution in [3.05, 3.63) is 30.1 Å². The number of hydrogen-bond donors (Lipinski definition) is 1. The minimum Gasteiger partial charge on any atom is -0.317 e. The van der Waals surface area contributed by atoms with Crippen molar-refractivity contribution in [2.45, 2.75) is 36.6 Å². The molecule has 1 aromatic carbocycles. The molecule has 17 heavy (non-hydrogen) atoms. The van der Waals surface area contributed by atoms with Crippen LogP contribution in [-0.2, 0) is 0 Å². The van der Waals surface area contributed by atoms with Crippen molar-refractivity contribution in [2.75, 3.05) is 12.8 Å². The van der Waals surface area contributed by atoms with Crippen LogP contribution < -0.4 is 5.32 Å². The molecule has 1 nitrogen and oxygen atoms in total. The van der Waals surface area contributed by atoms with Gasteiger partial charge in [-0.1, -0.05) is 18.6 Å². The van der Waals surface area contributed by atoms with Gasteiger partial charge < -0.3 is 5.32 Å². The maximum atomic E-state index is 13.4. The van der Waals surface area contributed by atoms with Gasteiger partial charge >= 0.3 is 0 Å². The summed E-state index contributed by atoms with van der Waals surface area (Å²) < 4.78 is 13.4. The molecule has 1 saturated carbocycles. The lowest BCUT2D eigenvalue weighted by Gasteiger charge is -2.18. The minimum atomic E-state index is -0.0888. The molecular weight excluding hydrogens is 233 g/mol. The van der Waals surface area contributed by atoms with E-state index in [1.165, 1.54) is 31.7 Å². The zero-order valence-electron chi connectivity index (χ0n) is 10.3. The highest BCUT2D eigenvalue weighted by atomic mass is 32.2. The first-order valence-electron chi connectivity index (χ1n) is 6.36. The second kappa shape index (κ2) is 6.41. The number of benzene rings is 1. The maximum Gasteiger partial charge on any atom is 0.136 e. The quantitative estimate of drug-likeness (QED) is 0.803. The van der Waals surface area contributed by atoms with Crippen molar-refractivity contribution in [2.24, 2.45) is 5.92 Å². The Balaban J connectivity index is 1.78. The molecule has 1 aliphatic carbocycles. The summed E-state index contributed by atoms with van der Waals surface area (Å²) in [6, 6.07) is 7.72. The number of nitrogens with one attached hydrogen (secondary N) is 1.